The third-order valence-electron chi connectivity index (χ3n) is 2.87. The first kappa shape index (κ1) is 15.1. The van der Waals surface area contributed by atoms with Crippen LogP contribution in [0.25, 0.3) is 0 Å². The smallest absolute Gasteiger partial charge is 0.259 e. The van der Waals surface area contributed by atoms with E-state index in [2.05, 4.69) is 9.71 Å². The second-order valence-corrected chi connectivity index (χ2v) is 5.77. The number of rotatable bonds is 6. The molecule has 0 saturated carbocycles. The number of benzene rings is 1. The summed E-state index contributed by atoms with van der Waals surface area (Å²) in [7, 11) is 1.81. The fourth-order valence-corrected chi connectivity index (χ4v) is 2.82. The monoisotopic (exact) mass is 312 g/mol. The molecular weight excluding hydrogens is 296 g/mol. The van der Waals surface area contributed by atoms with Crippen molar-refractivity contribution in [2.24, 2.45) is 5.84 Å². The molecular formula is C12H16N4O2S2. The summed E-state index contributed by atoms with van der Waals surface area (Å²) < 4.78 is 21.8. The van der Waals surface area contributed by atoms with Gasteiger partial charge in [0.2, 0.25) is 0 Å². The number of aromatic nitrogens is 1. The molecule has 0 spiro atoms. The maximum Gasteiger partial charge on any atom is 0.259 e. The van der Waals surface area contributed by atoms with Crippen LogP contribution in [0, 0.1) is 0 Å². The summed E-state index contributed by atoms with van der Waals surface area (Å²) in [4.78, 5) is 4.30. The number of thiazole rings is 1. The summed E-state index contributed by atoms with van der Waals surface area (Å²) in [5.74, 6) is 5.88. The molecule has 4 N–H and O–H groups in total. The van der Waals surface area contributed by atoms with Crippen LogP contribution in [0.3, 0.4) is 0 Å². The molecule has 1 aromatic carbocycles. The predicted molar refractivity (Wildman–Crippen MR) is 81.3 cm³/mol. The molecule has 20 heavy (non-hydrogen) atoms. The number of hydrazine groups is 1. The Morgan fingerprint density at radius 2 is 2.20 bits per heavy atom. The van der Waals surface area contributed by atoms with E-state index >= 15 is 0 Å². The molecule has 0 amide bonds. The molecule has 2 rings (SSSR count). The molecule has 1 aromatic heterocycles. The van der Waals surface area contributed by atoms with Gasteiger partial charge in [-0.3, -0.25) is 15.1 Å². The van der Waals surface area contributed by atoms with Crippen molar-refractivity contribution < 1.29 is 8.76 Å². The Hall–Kier alpha value is -1.32. The van der Waals surface area contributed by atoms with Crippen molar-refractivity contribution in [1.29, 1.82) is 0 Å². The van der Waals surface area contributed by atoms with Crippen molar-refractivity contribution in [3.8, 4) is 0 Å². The summed E-state index contributed by atoms with van der Waals surface area (Å²) in [6.07, 6.45) is 0.721. The molecule has 6 nitrogen and oxygen atoms in total. The number of hydrogen-bond donors (Lipinski definition) is 3. The largest absolute Gasteiger partial charge is 0.289 e. The van der Waals surface area contributed by atoms with Gasteiger partial charge in [-0.05, 0) is 24.1 Å². The van der Waals surface area contributed by atoms with E-state index in [0.717, 1.165) is 17.7 Å². The fraction of sp³-hybridized carbons (Fsp3) is 0.250. The quantitative estimate of drug-likeness (QED) is 0.430. The lowest BCUT2D eigenvalue weighted by Crippen LogP contribution is -2.32. The van der Waals surface area contributed by atoms with Gasteiger partial charge < -0.3 is 0 Å². The number of nitrogens with zero attached hydrogens (tertiary/aromatic N) is 2. The lowest BCUT2D eigenvalue weighted by Gasteiger charge is -2.22. The van der Waals surface area contributed by atoms with Gasteiger partial charge in [0.25, 0.3) is 11.3 Å². The number of anilines is 1. The molecule has 108 valence electrons. The summed E-state index contributed by atoms with van der Waals surface area (Å²) in [5.41, 5.74) is 4.41. The van der Waals surface area contributed by atoms with E-state index in [1.807, 2.05) is 24.6 Å². The van der Waals surface area contributed by atoms with Gasteiger partial charge in [0.1, 0.15) is 0 Å². The van der Waals surface area contributed by atoms with Crippen LogP contribution in [0.5, 0.6) is 0 Å². The molecule has 8 heteroatoms. The fourth-order valence-electron chi connectivity index (χ4n) is 1.88. The minimum Gasteiger partial charge on any atom is -0.289 e. The molecule has 0 radical (unpaired) electrons. The highest BCUT2D eigenvalue weighted by atomic mass is 32.2. The molecule has 0 aliphatic carbocycles. The molecule has 2 aromatic rings. The Labute approximate surface area is 124 Å². The van der Waals surface area contributed by atoms with Crippen LogP contribution in [0.15, 0.2) is 35.2 Å². The van der Waals surface area contributed by atoms with Crippen molar-refractivity contribution in [2.75, 3.05) is 11.8 Å². The molecule has 0 aliphatic heterocycles. The minimum absolute atomic E-state index is 0.00651. The van der Waals surface area contributed by atoms with Gasteiger partial charge >= 0.3 is 0 Å². The molecule has 0 saturated heterocycles. The zero-order valence-electron chi connectivity index (χ0n) is 10.9. The Balaban J connectivity index is 2.09. The zero-order chi connectivity index (χ0) is 14.5. The van der Waals surface area contributed by atoms with E-state index in [0.29, 0.717) is 5.69 Å². The van der Waals surface area contributed by atoms with Gasteiger partial charge in [-0.25, -0.2) is 14.2 Å². The van der Waals surface area contributed by atoms with E-state index in [1.54, 1.807) is 34.0 Å². The first-order valence-electron chi connectivity index (χ1n) is 5.88. The van der Waals surface area contributed by atoms with Crippen molar-refractivity contribution in [2.45, 2.75) is 12.5 Å². The van der Waals surface area contributed by atoms with Crippen LogP contribution in [-0.4, -0.2) is 25.8 Å². The third-order valence-corrected chi connectivity index (χ3v) is 3.89. The normalized spacial score (nSPS) is 14.2. The van der Waals surface area contributed by atoms with Crippen LogP contribution in [0.4, 0.5) is 5.69 Å². The maximum atomic E-state index is 10.6. The minimum atomic E-state index is -2.05. The molecule has 0 fully saturated rings. The zero-order valence-corrected chi connectivity index (χ0v) is 12.5. The topological polar surface area (TPSA) is 91.5 Å². The molecule has 2 atom stereocenters. The molecule has 1 heterocycles. The first-order chi connectivity index (χ1) is 9.56. The van der Waals surface area contributed by atoms with E-state index in [-0.39, 0.29) is 6.04 Å². The molecule has 1 unspecified atom stereocenters. The van der Waals surface area contributed by atoms with Crippen LogP contribution in [0.2, 0.25) is 0 Å². The lowest BCUT2D eigenvalue weighted by atomic mass is 10.0. The van der Waals surface area contributed by atoms with E-state index in [9.17, 15) is 4.21 Å². The van der Waals surface area contributed by atoms with Gasteiger partial charge in [0.05, 0.1) is 17.2 Å². The van der Waals surface area contributed by atoms with Crippen LogP contribution >= 0.6 is 11.3 Å². The Bertz CT molecular complexity index is 557. The second-order valence-electron chi connectivity index (χ2n) is 4.35. The Kier molecular flexibility index (Phi) is 5.21. The second kappa shape index (κ2) is 6.91. The highest BCUT2D eigenvalue weighted by Gasteiger charge is 2.17. The Morgan fingerprint density at radius 3 is 2.70 bits per heavy atom. The van der Waals surface area contributed by atoms with Crippen LogP contribution in [-0.2, 0) is 17.7 Å². The molecule has 0 bridgehead atoms. The number of nitrogens with two attached hydrogens (primary N) is 1. The average molecular weight is 312 g/mol. The van der Waals surface area contributed by atoms with E-state index in [1.165, 1.54) is 0 Å². The number of hydrogen-bond acceptors (Lipinski definition) is 5. The average Bonchev–Trinajstić information content (AvgIpc) is 2.90. The van der Waals surface area contributed by atoms with E-state index in [4.69, 9.17) is 10.4 Å². The van der Waals surface area contributed by atoms with E-state index < -0.39 is 11.3 Å². The highest BCUT2D eigenvalue weighted by Crippen LogP contribution is 2.22. The Morgan fingerprint density at radius 1 is 1.50 bits per heavy atom. The summed E-state index contributed by atoms with van der Waals surface area (Å²) in [6, 6.07) is 7.33. The van der Waals surface area contributed by atoms with Gasteiger partial charge in [0.15, 0.2) is 0 Å². The standard InChI is InChI=1S/C12H16N4O2S2/c1-16(13)12(11-7-19-8-14-11)6-9-2-4-10(5-3-9)15-20(17)18/h2-5,7-8,12,15H,6,13H2,1H3,(H,17,18)/t12-/m0/s1. The first-order valence-corrected chi connectivity index (χ1v) is 7.93. The molecule has 0 aliphatic rings. The van der Waals surface area contributed by atoms with Crippen LogP contribution < -0.4 is 10.6 Å². The van der Waals surface area contributed by atoms with Crippen LogP contribution in [0.1, 0.15) is 17.3 Å². The summed E-state index contributed by atoms with van der Waals surface area (Å²) in [6.45, 7) is 0. The van der Waals surface area contributed by atoms with Crippen molar-refractivity contribution >= 4 is 28.3 Å². The third kappa shape index (κ3) is 4.09. The predicted octanol–water partition coefficient (Wildman–Crippen LogP) is 1.78. The van der Waals surface area contributed by atoms with Crippen molar-refractivity contribution in [1.82, 2.24) is 9.99 Å². The summed E-state index contributed by atoms with van der Waals surface area (Å²) in [5, 5.41) is 3.63. The van der Waals surface area contributed by atoms with Gasteiger partial charge in [-0.1, -0.05) is 12.1 Å². The lowest BCUT2D eigenvalue weighted by molar-refractivity contribution is 0.246. The number of nitrogens with one attached hydrogen (secondary N) is 1. The van der Waals surface area contributed by atoms with Crippen molar-refractivity contribution in [3.63, 3.8) is 0 Å². The van der Waals surface area contributed by atoms with Crippen molar-refractivity contribution in [3.05, 3.63) is 46.4 Å². The van der Waals surface area contributed by atoms with Gasteiger partial charge in [-0.2, -0.15) is 0 Å². The van der Waals surface area contributed by atoms with Gasteiger partial charge in [0, 0.05) is 18.1 Å². The maximum absolute atomic E-state index is 10.6. The summed E-state index contributed by atoms with van der Waals surface area (Å²) >= 11 is -0.512. The number of likely N-dealkylation sites (N-methyl/N-ethyl adjacent to an activating group) is 1. The van der Waals surface area contributed by atoms with Gasteiger partial charge in [-0.15, -0.1) is 11.3 Å². The highest BCUT2D eigenvalue weighted by molar-refractivity contribution is 7.80. The SMILES string of the molecule is CN(N)[C@@H](Cc1ccc(NS(=O)O)cc1)c1cscn1.